The van der Waals surface area contributed by atoms with Crippen molar-refractivity contribution in [2.75, 3.05) is 6.54 Å². The summed E-state index contributed by atoms with van der Waals surface area (Å²) in [6.45, 7) is 0.884. The highest BCUT2D eigenvalue weighted by Crippen LogP contribution is 2.15. The second-order valence-electron chi connectivity index (χ2n) is 3.57. The average molecular weight is 190 g/mol. The molecule has 0 aliphatic carbocycles. The third-order valence-electron chi connectivity index (χ3n) is 2.43. The van der Waals surface area contributed by atoms with Crippen LogP contribution in [0.5, 0.6) is 0 Å². The van der Waals surface area contributed by atoms with Gasteiger partial charge in [-0.05, 0) is 30.9 Å². The molecule has 1 amide bonds. The Hall–Kier alpha value is -1.38. The van der Waals surface area contributed by atoms with E-state index in [1.807, 2.05) is 12.3 Å². The normalized spacial score (nSPS) is 24.4. The number of hydrogen-bond donors (Lipinski definition) is 1. The quantitative estimate of drug-likeness (QED) is 0.619. The van der Waals surface area contributed by atoms with Crippen molar-refractivity contribution < 1.29 is 4.79 Å². The van der Waals surface area contributed by atoms with Gasteiger partial charge in [-0.15, -0.1) is 0 Å². The van der Waals surface area contributed by atoms with Gasteiger partial charge in [0, 0.05) is 24.9 Å². The standard InChI is InChI=1S/C11H14N2O/c14-11-6-5-9-8-12-7-3-1-2-4-10(9)13-11/h2,4,8H,1,3,5-7H2,(H,13,14)/b4-2-,12-8?. The number of carbonyl (C=O) groups excluding carboxylic acids is 1. The minimum atomic E-state index is 0.112. The van der Waals surface area contributed by atoms with Crippen molar-refractivity contribution in [3.8, 4) is 0 Å². The summed E-state index contributed by atoms with van der Waals surface area (Å²) in [5.74, 6) is 0.112. The second-order valence-corrected chi connectivity index (χ2v) is 3.57. The van der Waals surface area contributed by atoms with E-state index in [4.69, 9.17) is 0 Å². The first-order valence-corrected chi connectivity index (χ1v) is 5.05. The SMILES string of the molecule is O=C1CCC2=C(/C=C\CCCN=C2)N1. The van der Waals surface area contributed by atoms with E-state index in [1.54, 1.807) is 0 Å². The minimum Gasteiger partial charge on any atom is -0.326 e. The van der Waals surface area contributed by atoms with Crippen LogP contribution in [0.4, 0.5) is 0 Å². The number of allylic oxidation sites excluding steroid dienone is 3. The van der Waals surface area contributed by atoms with Gasteiger partial charge in [-0.25, -0.2) is 0 Å². The van der Waals surface area contributed by atoms with E-state index < -0.39 is 0 Å². The first-order valence-electron chi connectivity index (χ1n) is 5.05. The monoisotopic (exact) mass is 190 g/mol. The third kappa shape index (κ3) is 2.10. The fourth-order valence-electron chi connectivity index (χ4n) is 1.64. The van der Waals surface area contributed by atoms with Crippen molar-refractivity contribution in [3.05, 3.63) is 23.4 Å². The van der Waals surface area contributed by atoms with Gasteiger partial charge < -0.3 is 5.32 Å². The molecule has 0 radical (unpaired) electrons. The number of amides is 1. The fourth-order valence-corrected chi connectivity index (χ4v) is 1.64. The number of aliphatic imine (C=N–C) groups is 1. The number of carbonyl (C=O) groups is 1. The van der Waals surface area contributed by atoms with Gasteiger partial charge in [-0.2, -0.15) is 0 Å². The van der Waals surface area contributed by atoms with Crippen LogP contribution in [0.3, 0.4) is 0 Å². The van der Waals surface area contributed by atoms with E-state index in [0.29, 0.717) is 6.42 Å². The minimum absolute atomic E-state index is 0.112. The Bertz CT molecular complexity index is 326. The number of rotatable bonds is 0. The molecule has 0 saturated heterocycles. The van der Waals surface area contributed by atoms with E-state index in [2.05, 4.69) is 16.4 Å². The predicted molar refractivity (Wildman–Crippen MR) is 56.1 cm³/mol. The lowest BCUT2D eigenvalue weighted by Gasteiger charge is -2.15. The molecule has 2 aliphatic heterocycles. The molecule has 1 N–H and O–H groups in total. The van der Waals surface area contributed by atoms with Gasteiger partial charge in [0.25, 0.3) is 0 Å². The van der Waals surface area contributed by atoms with E-state index >= 15 is 0 Å². The van der Waals surface area contributed by atoms with Gasteiger partial charge in [0.05, 0.1) is 0 Å². The van der Waals surface area contributed by atoms with Gasteiger partial charge >= 0.3 is 0 Å². The highest BCUT2D eigenvalue weighted by Gasteiger charge is 2.14. The van der Waals surface area contributed by atoms with Gasteiger partial charge in [0.2, 0.25) is 5.91 Å². The Morgan fingerprint density at radius 2 is 2.29 bits per heavy atom. The molecule has 2 rings (SSSR count). The fraction of sp³-hybridized carbons (Fsp3) is 0.455. The molecule has 0 bridgehead atoms. The lowest BCUT2D eigenvalue weighted by molar-refractivity contribution is -0.120. The van der Waals surface area contributed by atoms with Gasteiger partial charge in [0.15, 0.2) is 0 Å². The Labute approximate surface area is 83.6 Å². The summed E-state index contributed by atoms with van der Waals surface area (Å²) in [6, 6.07) is 0. The summed E-state index contributed by atoms with van der Waals surface area (Å²) in [7, 11) is 0. The molecule has 2 aliphatic rings. The first kappa shape index (κ1) is 9.19. The predicted octanol–water partition coefficient (Wildman–Crippen LogP) is 1.57. The molecule has 0 atom stereocenters. The molecule has 3 nitrogen and oxygen atoms in total. The van der Waals surface area contributed by atoms with Crippen molar-refractivity contribution in [2.24, 2.45) is 4.99 Å². The largest absolute Gasteiger partial charge is 0.326 e. The Balaban J connectivity index is 2.27. The van der Waals surface area contributed by atoms with Crippen LogP contribution in [0.15, 0.2) is 28.4 Å². The van der Waals surface area contributed by atoms with Crippen LogP contribution in [0, 0.1) is 0 Å². The van der Waals surface area contributed by atoms with E-state index in [0.717, 1.165) is 37.1 Å². The molecule has 0 aromatic carbocycles. The molecule has 0 saturated carbocycles. The maximum atomic E-state index is 11.2. The lowest BCUT2D eigenvalue weighted by Crippen LogP contribution is -2.27. The maximum absolute atomic E-state index is 11.2. The van der Waals surface area contributed by atoms with Crippen LogP contribution < -0.4 is 5.32 Å². The molecule has 0 spiro atoms. The summed E-state index contributed by atoms with van der Waals surface area (Å²) in [5, 5.41) is 2.88. The third-order valence-corrected chi connectivity index (χ3v) is 2.43. The number of nitrogens with zero attached hydrogens (tertiary/aromatic N) is 1. The Kier molecular flexibility index (Phi) is 2.77. The van der Waals surface area contributed by atoms with Crippen molar-refractivity contribution in [3.63, 3.8) is 0 Å². The van der Waals surface area contributed by atoms with Crippen LogP contribution in [0.1, 0.15) is 25.7 Å². The summed E-state index contributed by atoms with van der Waals surface area (Å²) < 4.78 is 0. The molecule has 3 heteroatoms. The highest BCUT2D eigenvalue weighted by atomic mass is 16.1. The molecular weight excluding hydrogens is 176 g/mol. The van der Waals surface area contributed by atoms with E-state index in [-0.39, 0.29) is 5.91 Å². The van der Waals surface area contributed by atoms with Crippen LogP contribution in [0.2, 0.25) is 0 Å². The van der Waals surface area contributed by atoms with Crippen molar-refractivity contribution in [1.82, 2.24) is 5.32 Å². The summed E-state index contributed by atoms with van der Waals surface area (Å²) in [5.41, 5.74) is 2.09. The zero-order chi connectivity index (χ0) is 9.80. The molecule has 0 unspecified atom stereocenters. The molecule has 2 heterocycles. The van der Waals surface area contributed by atoms with E-state index in [9.17, 15) is 4.79 Å². The molecule has 0 fully saturated rings. The number of nitrogens with one attached hydrogen (secondary N) is 1. The zero-order valence-corrected chi connectivity index (χ0v) is 8.12. The Morgan fingerprint density at radius 1 is 1.36 bits per heavy atom. The lowest BCUT2D eigenvalue weighted by atomic mass is 10.0. The van der Waals surface area contributed by atoms with E-state index in [1.165, 1.54) is 0 Å². The van der Waals surface area contributed by atoms with Crippen LogP contribution in [-0.4, -0.2) is 18.7 Å². The van der Waals surface area contributed by atoms with Crippen molar-refractivity contribution in [1.29, 1.82) is 0 Å². The molecule has 0 aromatic rings. The topological polar surface area (TPSA) is 41.5 Å². The molecule has 74 valence electrons. The molecule has 14 heavy (non-hydrogen) atoms. The van der Waals surface area contributed by atoms with Crippen LogP contribution in [-0.2, 0) is 4.79 Å². The first-order chi connectivity index (χ1) is 6.86. The second kappa shape index (κ2) is 4.22. The molecule has 0 aromatic heterocycles. The summed E-state index contributed by atoms with van der Waals surface area (Å²) >= 11 is 0. The summed E-state index contributed by atoms with van der Waals surface area (Å²) in [6.07, 6.45) is 9.53. The highest BCUT2D eigenvalue weighted by molar-refractivity contribution is 5.88. The summed E-state index contributed by atoms with van der Waals surface area (Å²) in [4.78, 5) is 15.5. The Morgan fingerprint density at radius 3 is 3.21 bits per heavy atom. The molecular formula is C11H14N2O. The van der Waals surface area contributed by atoms with Crippen LogP contribution in [0.25, 0.3) is 0 Å². The smallest absolute Gasteiger partial charge is 0.224 e. The van der Waals surface area contributed by atoms with Crippen molar-refractivity contribution >= 4 is 12.1 Å². The van der Waals surface area contributed by atoms with Crippen molar-refractivity contribution in [2.45, 2.75) is 25.7 Å². The van der Waals surface area contributed by atoms with Gasteiger partial charge in [0.1, 0.15) is 0 Å². The van der Waals surface area contributed by atoms with Gasteiger partial charge in [-0.3, -0.25) is 9.79 Å². The zero-order valence-electron chi connectivity index (χ0n) is 8.12. The van der Waals surface area contributed by atoms with Crippen LogP contribution >= 0.6 is 0 Å². The number of hydrogen-bond acceptors (Lipinski definition) is 2. The maximum Gasteiger partial charge on any atom is 0.224 e. The van der Waals surface area contributed by atoms with Gasteiger partial charge in [-0.1, -0.05) is 6.08 Å². The average Bonchev–Trinajstić information content (AvgIpc) is 2.29.